The maximum atomic E-state index is 13.6. The topological polar surface area (TPSA) is 86.8 Å². The van der Waals surface area contributed by atoms with Crippen molar-refractivity contribution in [3.05, 3.63) is 64.4 Å². The van der Waals surface area contributed by atoms with Crippen molar-refractivity contribution < 1.29 is 22.4 Å². The average molecular weight is 498 g/mol. The highest BCUT2D eigenvalue weighted by molar-refractivity contribution is 7.92. The molecule has 0 aromatic heterocycles. The van der Waals surface area contributed by atoms with Gasteiger partial charge >= 0.3 is 0 Å². The van der Waals surface area contributed by atoms with Crippen molar-refractivity contribution in [1.29, 1.82) is 0 Å². The lowest BCUT2D eigenvalue weighted by molar-refractivity contribution is -0.139. The van der Waals surface area contributed by atoms with Gasteiger partial charge in [-0.3, -0.25) is 13.9 Å². The van der Waals surface area contributed by atoms with E-state index in [0.717, 1.165) is 33.8 Å². The van der Waals surface area contributed by atoms with Crippen molar-refractivity contribution in [3.8, 4) is 0 Å². The summed E-state index contributed by atoms with van der Waals surface area (Å²) in [5, 5.41) is 2.51. The predicted octanol–water partition coefficient (Wildman–Crippen LogP) is 3.50. The number of nitrogens with one attached hydrogen (secondary N) is 1. The minimum absolute atomic E-state index is 0.0485. The van der Waals surface area contributed by atoms with Crippen molar-refractivity contribution in [2.24, 2.45) is 0 Å². The van der Waals surface area contributed by atoms with Crippen molar-refractivity contribution in [2.75, 3.05) is 17.1 Å². The molecule has 0 saturated carbocycles. The Morgan fingerprint density at radius 1 is 1.12 bits per heavy atom. The molecule has 2 aromatic carbocycles. The van der Waals surface area contributed by atoms with Crippen LogP contribution in [0.2, 0.25) is 5.02 Å². The van der Waals surface area contributed by atoms with Gasteiger partial charge < -0.3 is 10.2 Å². The summed E-state index contributed by atoms with van der Waals surface area (Å²) in [6, 6.07) is 9.83. The number of rotatable bonds is 9. The number of hydrogen-bond acceptors (Lipinski definition) is 4. The number of carbonyl (C=O) groups is 2. The van der Waals surface area contributed by atoms with Gasteiger partial charge in [-0.2, -0.15) is 0 Å². The van der Waals surface area contributed by atoms with Crippen LogP contribution in [0.15, 0.2) is 42.5 Å². The van der Waals surface area contributed by atoms with Gasteiger partial charge in [0.25, 0.3) is 0 Å². The maximum Gasteiger partial charge on any atom is 0.244 e. The van der Waals surface area contributed by atoms with Gasteiger partial charge in [-0.15, -0.1) is 0 Å². The molecule has 0 unspecified atom stereocenters. The van der Waals surface area contributed by atoms with Gasteiger partial charge in [0.1, 0.15) is 18.4 Å². The summed E-state index contributed by atoms with van der Waals surface area (Å²) in [7, 11) is -3.92. The van der Waals surface area contributed by atoms with E-state index in [9.17, 15) is 22.4 Å². The number of amides is 2. The molecule has 0 aliphatic rings. The number of sulfonamides is 1. The Morgan fingerprint density at radius 3 is 2.30 bits per heavy atom. The first-order chi connectivity index (χ1) is 15.3. The molecule has 0 heterocycles. The van der Waals surface area contributed by atoms with Crippen LogP contribution in [0, 0.1) is 12.7 Å². The van der Waals surface area contributed by atoms with E-state index in [-0.39, 0.29) is 29.2 Å². The quantitative estimate of drug-likeness (QED) is 0.574. The van der Waals surface area contributed by atoms with E-state index in [1.165, 1.54) is 11.0 Å². The Bertz CT molecular complexity index is 1120. The Kier molecular flexibility index (Phi) is 8.85. The normalized spacial score (nSPS) is 12.4. The second-order valence-corrected chi connectivity index (χ2v) is 10.5. The highest BCUT2D eigenvalue weighted by Gasteiger charge is 2.30. The lowest BCUT2D eigenvalue weighted by atomic mass is 10.1. The molecule has 2 rings (SSSR count). The molecular formula is C23H29ClFN3O4S. The summed E-state index contributed by atoms with van der Waals surface area (Å²) in [5.41, 5.74) is 1.80. The third-order valence-corrected chi connectivity index (χ3v) is 6.50. The fourth-order valence-corrected chi connectivity index (χ4v) is 4.23. The number of halogens is 2. The van der Waals surface area contributed by atoms with Crippen LogP contribution in [-0.2, 0) is 26.2 Å². The molecular weight excluding hydrogens is 469 g/mol. The monoisotopic (exact) mass is 497 g/mol. The second-order valence-electron chi connectivity index (χ2n) is 8.16. The Morgan fingerprint density at radius 2 is 1.76 bits per heavy atom. The molecule has 1 atom stereocenters. The molecule has 180 valence electrons. The lowest BCUT2D eigenvalue weighted by Crippen LogP contribution is -2.52. The fraction of sp³-hybridized carbons (Fsp3) is 0.391. The van der Waals surface area contributed by atoms with Crippen molar-refractivity contribution in [3.63, 3.8) is 0 Å². The van der Waals surface area contributed by atoms with E-state index in [4.69, 9.17) is 11.6 Å². The van der Waals surface area contributed by atoms with Crippen LogP contribution in [0.5, 0.6) is 0 Å². The van der Waals surface area contributed by atoms with Crippen molar-refractivity contribution in [2.45, 2.75) is 46.3 Å². The number of benzene rings is 2. The minimum Gasteiger partial charge on any atom is -0.352 e. The Labute approximate surface area is 199 Å². The van der Waals surface area contributed by atoms with E-state index < -0.39 is 34.3 Å². The van der Waals surface area contributed by atoms with E-state index in [0.29, 0.717) is 0 Å². The number of anilines is 1. The summed E-state index contributed by atoms with van der Waals surface area (Å²) in [6.07, 6.45) is 0.943. The van der Waals surface area contributed by atoms with Gasteiger partial charge in [0.15, 0.2) is 0 Å². The van der Waals surface area contributed by atoms with Gasteiger partial charge in [-0.05, 0) is 57.0 Å². The Hall–Kier alpha value is -2.65. The number of aryl methyl sites for hydroxylation is 1. The molecule has 7 nitrogen and oxygen atoms in total. The SMILES string of the molecule is Cc1ccccc1CN(C(=O)CN(c1ccc(F)c(Cl)c1)S(C)(=O)=O)[C@H](C)C(=O)NC(C)C. The van der Waals surface area contributed by atoms with Crippen molar-refractivity contribution >= 4 is 39.1 Å². The molecule has 0 saturated heterocycles. The molecule has 33 heavy (non-hydrogen) atoms. The van der Waals surface area contributed by atoms with Crippen LogP contribution < -0.4 is 9.62 Å². The largest absolute Gasteiger partial charge is 0.352 e. The van der Waals surface area contributed by atoms with Gasteiger partial charge in [0.05, 0.1) is 17.0 Å². The zero-order chi connectivity index (χ0) is 24.9. The van der Waals surface area contributed by atoms with E-state index >= 15 is 0 Å². The Balaban J connectivity index is 2.43. The first-order valence-electron chi connectivity index (χ1n) is 10.4. The van der Waals surface area contributed by atoms with Crippen LogP contribution in [0.3, 0.4) is 0 Å². The minimum atomic E-state index is -3.92. The van der Waals surface area contributed by atoms with Crippen molar-refractivity contribution in [1.82, 2.24) is 10.2 Å². The predicted molar refractivity (Wildman–Crippen MR) is 128 cm³/mol. The second kappa shape index (κ2) is 11.0. The molecule has 1 N–H and O–H groups in total. The standard InChI is InChI=1S/C23H29ClFN3O4S/c1-15(2)26-23(30)17(4)27(13-18-9-7-6-8-16(18)3)22(29)14-28(33(5,31)32)19-10-11-21(25)20(24)12-19/h6-12,15,17H,13-14H2,1-5H3,(H,26,30)/t17-/m1/s1. The molecule has 2 amide bonds. The third kappa shape index (κ3) is 7.17. The molecule has 0 spiro atoms. The summed E-state index contributed by atoms with van der Waals surface area (Å²) < 4.78 is 39.4. The fourth-order valence-electron chi connectivity index (χ4n) is 3.21. The molecule has 10 heteroatoms. The van der Waals surface area contributed by atoms with E-state index in [1.54, 1.807) is 6.92 Å². The maximum absolute atomic E-state index is 13.6. The highest BCUT2D eigenvalue weighted by atomic mass is 35.5. The van der Waals surface area contributed by atoms with Crippen LogP contribution in [0.1, 0.15) is 31.9 Å². The summed E-state index contributed by atoms with van der Waals surface area (Å²) in [5.74, 6) is -1.65. The molecule has 0 fully saturated rings. The van der Waals surface area contributed by atoms with Gasteiger partial charge in [0.2, 0.25) is 21.8 Å². The smallest absolute Gasteiger partial charge is 0.244 e. The highest BCUT2D eigenvalue weighted by Crippen LogP contribution is 2.25. The van der Waals surface area contributed by atoms with Gasteiger partial charge in [-0.25, -0.2) is 12.8 Å². The number of nitrogens with zero attached hydrogens (tertiary/aromatic N) is 2. The lowest BCUT2D eigenvalue weighted by Gasteiger charge is -2.32. The van der Waals surface area contributed by atoms with E-state index in [2.05, 4.69) is 5.32 Å². The summed E-state index contributed by atoms with van der Waals surface area (Å²) >= 11 is 5.83. The zero-order valence-electron chi connectivity index (χ0n) is 19.3. The van der Waals surface area contributed by atoms with Crippen LogP contribution in [0.25, 0.3) is 0 Å². The molecule has 2 aromatic rings. The molecule has 0 aliphatic carbocycles. The van der Waals surface area contributed by atoms with Crippen LogP contribution in [0.4, 0.5) is 10.1 Å². The number of carbonyl (C=O) groups excluding carboxylic acids is 2. The van der Waals surface area contributed by atoms with Crippen LogP contribution >= 0.6 is 11.6 Å². The molecule has 0 aliphatic heterocycles. The summed E-state index contributed by atoms with van der Waals surface area (Å²) in [4.78, 5) is 27.5. The third-order valence-electron chi connectivity index (χ3n) is 5.07. The van der Waals surface area contributed by atoms with Crippen LogP contribution in [-0.4, -0.2) is 50.0 Å². The molecule has 0 bridgehead atoms. The summed E-state index contributed by atoms with van der Waals surface area (Å²) in [6.45, 7) is 6.63. The molecule has 0 radical (unpaired) electrons. The first kappa shape index (κ1) is 26.6. The van der Waals surface area contributed by atoms with E-state index in [1.807, 2.05) is 45.0 Å². The number of hydrogen-bond donors (Lipinski definition) is 1. The first-order valence-corrected chi connectivity index (χ1v) is 12.6. The zero-order valence-corrected chi connectivity index (χ0v) is 20.9. The van der Waals surface area contributed by atoms with Gasteiger partial charge in [0, 0.05) is 12.6 Å². The van der Waals surface area contributed by atoms with Gasteiger partial charge in [-0.1, -0.05) is 35.9 Å². The average Bonchev–Trinajstić information content (AvgIpc) is 2.71.